The molecule has 10 aromatic rings. The van der Waals surface area contributed by atoms with Gasteiger partial charge < -0.3 is 14.1 Å². The van der Waals surface area contributed by atoms with Gasteiger partial charge in [-0.2, -0.15) is 0 Å². The van der Waals surface area contributed by atoms with E-state index in [4.69, 9.17) is 9.15 Å². The lowest BCUT2D eigenvalue weighted by Gasteiger charge is -2.27. The second kappa shape index (κ2) is 9.99. The minimum Gasteiger partial charge on any atom is -0.483 e. The molecule has 3 nitrogen and oxygen atoms in total. The van der Waals surface area contributed by atoms with Gasteiger partial charge in [-0.25, -0.2) is 0 Å². The van der Waals surface area contributed by atoms with Crippen molar-refractivity contribution in [2.24, 2.45) is 0 Å². The molecule has 2 aliphatic heterocycles. The summed E-state index contributed by atoms with van der Waals surface area (Å²) in [5, 5.41) is 10.0. The molecular weight excluding hydrogens is 623 g/mol. The van der Waals surface area contributed by atoms with Crippen LogP contribution in [-0.2, 0) is 0 Å². The van der Waals surface area contributed by atoms with E-state index in [1.165, 1.54) is 77.1 Å². The maximum Gasteiger partial charge on any atom is 0.151 e. The van der Waals surface area contributed by atoms with Gasteiger partial charge in [-0.3, -0.25) is 0 Å². The van der Waals surface area contributed by atoms with Crippen LogP contribution in [0.3, 0.4) is 0 Å². The number of ether oxygens (including phenoxy) is 1. The van der Waals surface area contributed by atoms with Gasteiger partial charge in [-0.1, -0.05) is 121 Å². The Morgan fingerprint density at radius 1 is 0.451 bits per heavy atom. The molecule has 12 rings (SSSR count). The highest BCUT2D eigenvalue weighted by Crippen LogP contribution is 2.58. The van der Waals surface area contributed by atoms with E-state index in [1.54, 1.807) is 0 Å². The average Bonchev–Trinajstić information content (AvgIpc) is 3.86. The molecule has 2 atom stereocenters. The van der Waals surface area contributed by atoms with Gasteiger partial charge in [0.25, 0.3) is 0 Å². The molecule has 2 unspecified atom stereocenters. The number of nitrogens with zero attached hydrogens (tertiary/aromatic N) is 1. The molecule has 0 spiro atoms. The third-order valence-corrected chi connectivity index (χ3v) is 11.4. The fourth-order valence-corrected chi connectivity index (χ4v) is 9.10. The fourth-order valence-electron chi connectivity index (χ4n) is 9.10. The lowest BCUT2D eigenvalue weighted by molar-refractivity contribution is 0.223. The predicted octanol–water partition coefficient (Wildman–Crippen LogP) is 13.1. The van der Waals surface area contributed by atoms with Gasteiger partial charge in [-0.15, -0.1) is 0 Å². The van der Waals surface area contributed by atoms with Crippen molar-refractivity contribution in [3.05, 3.63) is 175 Å². The van der Waals surface area contributed by atoms with Gasteiger partial charge in [0.05, 0.1) is 0 Å². The van der Waals surface area contributed by atoms with E-state index < -0.39 is 0 Å². The molecule has 51 heavy (non-hydrogen) atoms. The molecule has 1 aromatic heterocycles. The van der Waals surface area contributed by atoms with Crippen molar-refractivity contribution in [1.82, 2.24) is 0 Å². The van der Waals surface area contributed by atoms with Crippen molar-refractivity contribution < 1.29 is 9.15 Å². The monoisotopic (exact) mass is 651 g/mol. The number of hydrogen-bond acceptors (Lipinski definition) is 3. The van der Waals surface area contributed by atoms with E-state index in [-0.39, 0.29) is 12.1 Å². The summed E-state index contributed by atoms with van der Waals surface area (Å²) in [6, 6.07) is 59.6. The number of rotatable bonds is 3. The Labute approximate surface area is 293 Å². The maximum absolute atomic E-state index is 6.53. The zero-order valence-corrected chi connectivity index (χ0v) is 27.5. The van der Waals surface area contributed by atoms with E-state index in [9.17, 15) is 0 Å². The summed E-state index contributed by atoms with van der Waals surface area (Å²) >= 11 is 0. The normalized spacial score (nSPS) is 16.4. The second-order valence-corrected chi connectivity index (χ2v) is 14.0. The van der Waals surface area contributed by atoms with E-state index in [1.807, 2.05) is 12.1 Å². The summed E-state index contributed by atoms with van der Waals surface area (Å²) < 4.78 is 12.7. The SMILES string of the molecule is c1ccc2c(c1)OC1c3ccccc3N(c3ccc(-c4ccc5ccc6c(-c7ccc8oc9ccccc9c8c7)ccc7ccc4c5c76)cc3)C21. The second-order valence-electron chi connectivity index (χ2n) is 14.0. The molecule has 0 N–H and O–H groups in total. The summed E-state index contributed by atoms with van der Waals surface area (Å²) in [6.45, 7) is 0. The van der Waals surface area contributed by atoms with Crippen molar-refractivity contribution in [2.45, 2.75) is 12.1 Å². The number of fused-ring (bicyclic) bond motifs is 8. The van der Waals surface area contributed by atoms with Gasteiger partial charge in [0, 0.05) is 33.3 Å². The van der Waals surface area contributed by atoms with Crippen molar-refractivity contribution >= 4 is 65.6 Å². The summed E-state index contributed by atoms with van der Waals surface area (Å²) in [7, 11) is 0. The summed E-state index contributed by atoms with van der Waals surface area (Å²) in [5.74, 6) is 0.982. The lowest BCUT2D eigenvalue weighted by Crippen LogP contribution is -2.20. The molecule has 0 saturated carbocycles. The van der Waals surface area contributed by atoms with Gasteiger partial charge in [0.1, 0.15) is 23.0 Å². The van der Waals surface area contributed by atoms with Crippen LogP contribution in [0.4, 0.5) is 11.4 Å². The van der Waals surface area contributed by atoms with Gasteiger partial charge >= 0.3 is 0 Å². The Hall–Kier alpha value is -6.58. The molecule has 0 radical (unpaired) electrons. The third kappa shape index (κ3) is 3.72. The van der Waals surface area contributed by atoms with E-state index >= 15 is 0 Å². The maximum atomic E-state index is 6.53. The zero-order valence-electron chi connectivity index (χ0n) is 27.5. The summed E-state index contributed by atoms with van der Waals surface area (Å²) in [5.41, 5.74) is 11.6. The molecule has 0 aliphatic carbocycles. The average molecular weight is 652 g/mol. The number of para-hydroxylation sites is 3. The van der Waals surface area contributed by atoms with Crippen LogP contribution in [0.1, 0.15) is 23.3 Å². The van der Waals surface area contributed by atoms with E-state index in [0.717, 1.165) is 27.7 Å². The van der Waals surface area contributed by atoms with Crippen LogP contribution in [0.2, 0.25) is 0 Å². The van der Waals surface area contributed by atoms with Crippen LogP contribution in [0.5, 0.6) is 5.75 Å². The van der Waals surface area contributed by atoms with Crippen LogP contribution in [0.15, 0.2) is 168 Å². The fraction of sp³-hybridized carbons (Fsp3) is 0.0417. The Bertz CT molecular complexity index is 3030. The minimum atomic E-state index is -0.0123. The smallest absolute Gasteiger partial charge is 0.151 e. The first kappa shape index (κ1) is 27.3. The molecule has 0 fully saturated rings. The first-order valence-corrected chi connectivity index (χ1v) is 17.6. The molecule has 0 saturated heterocycles. The van der Waals surface area contributed by atoms with Crippen molar-refractivity contribution in [3.63, 3.8) is 0 Å². The molecule has 0 bridgehead atoms. The van der Waals surface area contributed by atoms with Crippen LogP contribution in [-0.4, -0.2) is 0 Å². The standard InChI is InChI=1S/C48H29NO2/c1-4-10-41-38(8-1)48-47(39-9-3-6-12-43(39)51-48)49(41)32-20-13-28(14-21-32)33-22-15-29-18-25-37-34(23-16-30-17-24-36(33)45(29)46(30)37)31-19-26-44-40(27-31)35-7-2-5-11-42(35)50-44/h1-27,47-48H. The Morgan fingerprint density at radius 2 is 1.08 bits per heavy atom. The highest BCUT2D eigenvalue weighted by atomic mass is 16.5. The van der Waals surface area contributed by atoms with Crippen molar-refractivity contribution in [1.29, 1.82) is 0 Å². The quantitative estimate of drug-likeness (QED) is 0.178. The van der Waals surface area contributed by atoms with Gasteiger partial charge in [0.2, 0.25) is 0 Å². The topological polar surface area (TPSA) is 25.6 Å². The van der Waals surface area contributed by atoms with Crippen molar-refractivity contribution in [3.8, 4) is 28.0 Å². The van der Waals surface area contributed by atoms with Gasteiger partial charge in [-0.05, 0) is 97.0 Å². The Morgan fingerprint density at radius 3 is 1.88 bits per heavy atom. The lowest BCUT2D eigenvalue weighted by atomic mass is 9.87. The largest absolute Gasteiger partial charge is 0.483 e. The third-order valence-electron chi connectivity index (χ3n) is 11.4. The molecule has 238 valence electrons. The number of benzene rings is 9. The molecule has 3 heteroatoms. The molecule has 0 amide bonds. The summed E-state index contributed by atoms with van der Waals surface area (Å²) in [6.07, 6.45) is -0.0123. The van der Waals surface area contributed by atoms with Crippen LogP contribution in [0.25, 0.3) is 76.5 Å². The minimum absolute atomic E-state index is 0.0123. The van der Waals surface area contributed by atoms with Crippen LogP contribution >= 0.6 is 0 Å². The first-order valence-electron chi connectivity index (χ1n) is 17.6. The molecular formula is C48H29NO2. The number of hydrogen-bond donors (Lipinski definition) is 0. The predicted molar refractivity (Wildman–Crippen MR) is 209 cm³/mol. The van der Waals surface area contributed by atoms with E-state index in [2.05, 4.69) is 157 Å². The Balaban J connectivity index is 0.989. The molecule has 9 aromatic carbocycles. The van der Waals surface area contributed by atoms with Crippen LogP contribution in [0, 0.1) is 0 Å². The molecule has 2 aliphatic rings. The molecule has 3 heterocycles. The first-order chi connectivity index (χ1) is 25.3. The van der Waals surface area contributed by atoms with Gasteiger partial charge in [0.15, 0.2) is 6.10 Å². The summed E-state index contributed by atoms with van der Waals surface area (Å²) in [4.78, 5) is 2.46. The highest BCUT2D eigenvalue weighted by molar-refractivity contribution is 6.27. The zero-order chi connectivity index (χ0) is 33.2. The van der Waals surface area contributed by atoms with Crippen molar-refractivity contribution in [2.75, 3.05) is 4.90 Å². The van der Waals surface area contributed by atoms with E-state index in [0.29, 0.717) is 0 Å². The van der Waals surface area contributed by atoms with Crippen LogP contribution < -0.4 is 9.64 Å². The Kier molecular flexibility index (Phi) is 5.34. The highest BCUT2D eigenvalue weighted by Gasteiger charge is 2.47. The number of anilines is 2. The number of furan rings is 1.